The predicted molar refractivity (Wildman–Crippen MR) is 98.9 cm³/mol. The van der Waals surface area contributed by atoms with Crippen molar-refractivity contribution in [1.29, 1.82) is 0 Å². The van der Waals surface area contributed by atoms with Crippen LogP contribution in [-0.4, -0.2) is 26.6 Å². The first-order valence-corrected chi connectivity index (χ1v) is 9.22. The van der Waals surface area contributed by atoms with Gasteiger partial charge in [0.1, 0.15) is 5.60 Å². The smallest absolute Gasteiger partial charge is 0.251 e. The Bertz CT molecular complexity index is 1010. The SMILES string of the molecule is O=C(NC1CCC1)c1ccc2cc(C3(O)CCn4cncc43)ccc2c1. The first-order chi connectivity index (χ1) is 12.6. The molecular weight excluding hydrogens is 326 g/mol. The molecule has 1 fully saturated rings. The fraction of sp³-hybridized carbons (Fsp3) is 0.333. The van der Waals surface area contributed by atoms with E-state index >= 15 is 0 Å². The number of carbonyl (C=O) groups is 1. The van der Waals surface area contributed by atoms with Gasteiger partial charge in [0.15, 0.2) is 0 Å². The first kappa shape index (κ1) is 15.6. The van der Waals surface area contributed by atoms with E-state index in [1.54, 1.807) is 12.5 Å². The second-order valence-corrected chi connectivity index (χ2v) is 7.46. The topological polar surface area (TPSA) is 67.2 Å². The maximum atomic E-state index is 12.4. The Labute approximate surface area is 151 Å². The third kappa shape index (κ3) is 2.35. The molecule has 1 amide bonds. The zero-order valence-electron chi connectivity index (χ0n) is 14.5. The molecule has 2 N–H and O–H groups in total. The molecule has 2 aromatic carbocycles. The summed E-state index contributed by atoms with van der Waals surface area (Å²) in [5.41, 5.74) is 1.41. The van der Waals surface area contributed by atoms with E-state index in [1.807, 2.05) is 41.0 Å². The number of carbonyl (C=O) groups excluding carboxylic acids is 1. The summed E-state index contributed by atoms with van der Waals surface area (Å²) < 4.78 is 2.00. The number of benzene rings is 2. The lowest BCUT2D eigenvalue weighted by atomic mass is 9.88. The van der Waals surface area contributed by atoms with Crippen molar-refractivity contribution in [2.75, 3.05) is 0 Å². The Morgan fingerprint density at radius 3 is 2.81 bits per heavy atom. The molecule has 132 valence electrons. The van der Waals surface area contributed by atoms with Crippen molar-refractivity contribution in [1.82, 2.24) is 14.9 Å². The Morgan fingerprint density at radius 2 is 2.00 bits per heavy atom. The number of hydrogen-bond acceptors (Lipinski definition) is 3. The van der Waals surface area contributed by atoms with Gasteiger partial charge in [-0.3, -0.25) is 4.79 Å². The zero-order chi connectivity index (χ0) is 17.7. The van der Waals surface area contributed by atoms with E-state index in [9.17, 15) is 9.90 Å². The van der Waals surface area contributed by atoms with Gasteiger partial charge in [-0.1, -0.05) is 18.2 Å². The highest BCUT2D eigenvalue weighted by molar-refractivity contribution is 5.98. The number of aromatic nitrogens is 2. The van der Waals surface area contributed by atoms with Gasteiger partial charge in [0.2, 0.25) is 0 Å². The van der Waals surface area contributed by atoms with Crippen molar-refractivity contribution in [2.24, 2.45) is 0 Å². The second-order valence-electron chi connectivity index (χ2n) is 7.46. The van der Waals surface area contributed by atoms with Gasteiger partial charge < -0.3 is 15.0 Å². The van der Waals surface area contributed by atoms with E-state index in [1.165, 1.54) is 6.42 Å². The lowest BCUT2D eigenvalue weighted by Crippen LogP contribution is -2.39. The molecule has 0 saturated heterocycles. The second kappa shape index (κ2) is 5.68. The highest BCUT2D eigenvalue weighted by atomic mass is 16.3. The van der Waals surface area contributed by atoms with Gasteiger partial charge in [0, 0.05) is 24.6 Å². The lowest BCUT2D eigenvalue weighted by molar-refractivity contribution is 0.0826. The van der Waals surface area contributed by atoms with Crippen LogP contribution in [0.4, 0.5) is 0 Å². The van der Waals surface area contributed by atoms with Crippen molar-refractivity contribution in [2.45, 2.75) is 43.9 Å². The highest BCUT2D eigenvalue weighted by Gasteiger charge is 2.39. The molecular formula is C21H21N3O2. The summed E-state index contributed by atoms with van der Waals surface area (Å²) in [5, 5.41) is 16.3. The summed E-state index contributed by atoms with van der Waals surface area (Å²) in [6.45, 7) is 0.768. The summed E-state index contributed by atoms with van der Waals surface area (Å²) in [7, 11) is 0. The monoisotopic (exact) mass is 347 g/mol. The third-order valence-electron chi connectivity index (χ3n) is 5.87. The standard InChI is InChI=1S/C21H21N3O2/c25-20(23-18-2-1-3-18)16-5-4-15-11-17(7-6-14(15)10-16)21(26)8-9-24-13-22-12-19(21)24/h4-7,10-13,18,26H,1-3,8-9H2,(H,23,25). The van der Waals surface area contributed by atoms with E-state index in [2.05, 4.69) is 10.3 Å². The maximum Gasteiger partial charge on any atom is 0.251 e. The number of imidazole rings is 1. The first-order valence-electron chi connectivity index (χ1n) is 9.22. The summed E-state index contributed by atoms with van der Waals surface area (Å²) in [5.74, 6) is -0.000926. The van der Waals surface area contributed by atoms with Crippen LogP contribution in [-0.2, 0) is 12.1 Å². The molecule has 3 aromatic rings. The molecule has 0 radical (unpaired) electrons. The average molecular weight is 347 g/mol. The van der Waals surface area contributed by atoms with Crippen molar-refractivity contribution in [3.05, 3.63) is 65.7 Å². The minimum Gasteiger partial charge on any atom is -0.379 e. The molecule has 2 heterocycles. The lowest BCUT2D eigenvalue weighted by Gasteiger charge is -2.26. The summed E-state index contributed by atoms with van der Waals surface area (Å²) in [6, 6.07) is 12.1. The normalized spacial score (nSPS) is 22.2. The molecule has 0 spiro atoms. The van der Waals surface area contributed by atoms with Crippen LogP contribution in [0, 0.1) is 0 Å². The average Bonchev–Trinajstić information content (AvgIpc) is 3.22. The number of aryl methyl sites for hydroxylation is 1. The molecule has 1 atom stereocenters. The Kier molecular flexibility index (Phi) is 3.40. The molecule has 5 nitrogen and oxygen atoms in total. The predicted octanol–water partition coefficient (Wildman–Crippen LogP) is 2.96. The number of aliphatic hydroxyl groups is 1. The Hall–Kier alpha value is -2.66. The van der Waals surface area contributed by atoms with Gasteiger partial charge in [-0.25, -0.2) is 4.98 Å². The molecule has 2 aliphatic rings. The number of hydrogen-bond donors (Lipinski definition) is 2. The fourth-order valence-electron chi connectivity index (χ4n) is 4.01. The van der Waals surface area contributed by atoms with Crippen LogP contribution < -0.4 is 5.32 Å². The van der Waals surface area contributed by atoms with Crippen LogP contribution in [0.25, 0.3) is 10.8 Å². The van der Waals surface area contributed by atoms with E-state index in [0.29, 0.717) is 18.0 Å². The van der Waals surface area contributed by atoms with Crippen molar-refractivity contribution >= 4 is 16.7 Å². The number of nitrogens with zero attached hydrogens (tertiary/aromatic N) is 2. The minimum atomic E-state index is -0.995. The molecule has 26 heavy (non-hydrogen) atoms. The zero-order valence-corrected chi connectivity index (χ0v) is 14.5. The quantitative estimate of drug-likeness (QED) is 0.765. The van der Waals surface area contributed by atoms with Gasteiger partial charge in [-0.15, -0.1) is 0 Å². The molecule has 5 heteroatoms. The van der Waals surface area contributed by atoms with E-state index in [4.69, 9.17) is 0 Å². The van der Waals surface area contributed by atoms with Gasteiger partial charge in [0.25, 0.3) is 5.91 Å². The summed E-state index contributed by atoms with van der Waals surface area (Å²) in [4.78, 5) is 16.5. The molecule has 1 aromatic heterocycles. The molecule has 1 unspecified atom stereocenters. The van der Waals surface area contributed by atoms with Crippen molar-refractivity contribution in [3.63, 3.8) is 0 Å². The minimum absolute atomic E-state index is 0.000926. The summed E-state index contributed by atoms with van der Waals surface area (Å²) in [6.07, 6.45) is 7.52. The Morgan fingerprint density at radius 1 is 1.19 bits per heavy atom. The fourth-order valence-corrected chi connectivity index (χ4v) is 4.01. The number of amides is 1. The largest absolute Gasteiger partial charge is 0.379 e. The van der Waals surface area contributed by atoms with E-state index in [0.717, 1.165) is 41.4 Å². The van der Waals surface area contributed by atoms with Gasteiger partial charge in [0.05, 0.1) is 18.2 Å². The van der Waals surface area contributed by atoms with E-state index < -0.39 is 5.60 Å². The molecule has 1 saturated carbocycles. The van der Waals surface area contributed by atoms with Gasteiger partial charge in [-0.05, 0) is 53.8 Å². The Balaban J connectivity index is 1.47. The summed E-state index contributed by atoms with van der Waals surface area (Å²) >= 11 is 0. The van der Waals surface area contributed by atoms with Crippen LogP contribution >= 0.6 is 0 Å². The van der Waals surface area contributed by atoms with Gasteiger partial charge in [-0.2, -0.15) is 0 Å². The van der Waals surface area contributed by atoms with Crippen LogP contribution in [0.5, 0.6) is 0 Å². The third-order valence-corrected chi connectivity index (χ3v) is 5.87. The number of fused-ring (bicyclic) bond motifs is 2. The van der Waals surface area contributed by atoms with Crippen LogP contribution in [0.3, 0.4) is 0 Å². The van der Waals surface area contributed by atoms with Crippen molar-refractivity contribution in [3.8, 4) is 0 Å². The molecule has 5 rings (SSSR count). The van der Waals surface area contributed by atoms with Crippen LogP contribution in [0.2, 0.25) is 0 Å². The van der Waals surface area contributed by atoms with Gasteiger partial charge >= 0.3 is 0 Å². The molecule has 1 aliphatic carbocycles. The maximum absolute atomic E-state index is 12.4. The molecule has 0 bridgehead atoms. The number of nitrogens with one attached hydrogen (secondary N) is 1. The number of rotatable bonds is 3. The highest BCUT2D eigenvalue weighted by Crippen LogP contribution is 2.39. The van der Waals surface area contributed by atoms with E-state index in [-0.39, 0.29) is 5.91 Å². The van der Waals surface area contributed by atoms with Crippen molar-refractivity contribution < 1.29 is 9.90 Å². The van der Waals surface area contributed by atoms with Crippen LogP contribution in [0.1, 0.15) is 47.3 Å². The molecule has 1 aliphatic heterocycles. The van der Waals surface area contributed by atoms with Crippen LogP contribution in [0.15, 0.2) is 48.9 Å².